The van der Waals surface area contributed by atoms with E-state index in [1.54, 1.807) is 14.2 Å². The second-order valence-electron chi connectivity index (χ2n) is 5.53. The van der Waals surface area contributed by atoms with Gasteiger partial charge < -0.3 is 19.9 Å². The largest absolute Gasteiger partial charge is 0.495 e. The Morgan fingerprint density at radius 3 is 2.48 bits per heavy atom. The van der Waals surface area contributed by atoms with Gasteiger partial charge in [-0.2, -0.15) is 0 Å². The third-order valence-corrected chi connectivity index (χ3v) is 5.04. The first kappa shape index (κ1) is 16.6. The molecular formula is C16H24BrNO3. The molecule has 2 rings (SSSR count). The Bertz CT molecular complexity index is 485. The smallest absolute Gasteiger partial charge is 0.142 e. The van der Waals surface area contributed by atoms with Gasteiger partial charge in [-0.15, -0.1) is 0 Å². The summed E-state index contributed by atoms with van der Waals surface area (Å²) in [6, 6.07) is 4.29. The van der Waals surface area contributed by atoms with Crippen LogP contribution in [0.5, 0.6) is 11.5 Å². The molecule has 4 nitrogen and oxygen atoms in total. The predicted molar refractivity (Wildman–Crippen MR) is 87.1 cm³/mol. The molecule has 0 heterocycles. The topological polar surface area (TPSA) is 50.7 Å². The Morgan fingerprint density at radius 2 is 1.95 bits per heavy atom. The van der Waals surface area contributed by atoms with Crippen molar-refractivity contribution in [2.75, 3.05) is 20.8 Å². The van der Waals surface area contributed by atoms with Crippen molar-refractivity contribution in [2.24, 2.45) is 0 Å². The van der Waals surface area contributed by atoms with Crippen LogP contribution in [-0.4, -0.2) is 31.9 Å². The summed E-state index contributed by atoms with van der Waals surface area (Å²) in [5, 5.41) is 14.5. The van der Waals surface area contributed by atoms with Gasteiger partial charge in [0.2, 0.25) is 0 Å². The van der Waals surface area contributed by atoms with E-state index in [0.717, 1.165) is 42.3 Å². The molecule has 0 radical (unpaired) electrons. The SMILES string of the molecule is CCNC1CCC(O)(c2ccc(OC)c(Br)c2OC)CC1. The number of ether oxygens (including phenoxy) is 2. The molecule has 0 amide bonds. The summed E-state index contributed by atoms with van der Waals surface area (Å²) in [5.74, 6) is 1.37. The molecule has 1 aromatic rings. The van der Waals surface area contributed by atoms with Crippen molar-refractivity contribution in [3.05, 3.63) is 22.2 Å². The van der Waals surface area contributed by atoms with Crippen molar-refractivity contribution >= 4 is 15.9 Å². The van der Waals surface area contributed by atoms with Crippen molar-refractivity contribution in [1.82, 2.24) is 5.32 Å². The van der Waals surface area contributed by atoms with Gasteiger partial charge in [0.05, 0.1) is 19.8 Å². The maximum Gasteiger partial charge on any atom is 0.142 e. The fourth-order valence-corrected chi connectivity index (χ4v) is 3.79. The van der Waals surface area contributed by atoms with Crippen LogP contribution < -0.4 is 14.8 Å². The van der Waals surface area contributed by atoms with Crippen LogP contribution in [0.2, 0.25) is 0 Å². The second kappa shape index (κ2) is 6.99. The maximum absolute atomic E-state index is 11.1. The molecule has 0 atom stereocenters. The van der Waals surface area contributed by atoms with Gasteiger partial charge >= 0.3 is 0 Å². The Labute approximate surface area is 135 Å². The first-order chi connectivity index (χ1) is 10.1. The lowest BCUT2D eigenvalue weighted by Crippen LogP contribution is -2.39. The fourth-order valence-electron chi connectivity index (χ4n) is 3.12. The molecule has 0 spiro atoms. The first-order valence-electron chi connectivity index (χ1n) is 7.42. The zero-order valence-corrected chi connectivity index (χ0v) is 14.5. The van der Waals surface area contributed by atoms with Crippen LogP contribution in [0.4, 0.5) is 0 Å². The summed E-state index contributed by atoms with van der Waals surface area (Å²) >= 11 is 3.51. The van der Waals surface area contributed by atoms with Crippen LogP contribution in [0.25, 0.3) is 0 Å². The molecule has 21 heavy (non-hydrogen) atoms. The molecule has 1 aromatic carbocycles. The summed E-state index contributed by atoms with van der Waals surface area (Å²) in [6.45, 7) is 3.09. The molecule has 1 fully saturated rings. The molecule has 1 aliphatic rings. The van der Waals surface area contributed by atoms with Gasteiger partial charge in [-0.05, 0) is 60.3 Å². The number of hydrogen-bond donors (Lipinski definition) is 2. The molecule has 5 heteroatoms. The minimum Gasteiger partial charge on any atom is -0.495 e. The number of benzene rings is 1. The average molecular weight is 358 g/mol. The van der Waals surface area contributed by atoms with Crippen LogP contribution in [0.15, 0.2) is 16.6 Å². The van der Waals surface area contributed by atoms with Crippen LogP contribution in [0.3, 0.4) is 0 Å². The molecule has 0 bridgehead atoms. The standard InChI is InChI=1S/C16H24BrNO3/c1-4-18-11-7-9-16(19,10-8-11)12-5-6-13(20-2)14(17)15(12)21-3/h5-6,11,18-19H,4,7-10H2,1-3H3. The van der Waals surface area contributed by atoms with E-state index in [9.17, 15) is 5.11 Å². The summed E-state index contributed by atoms with van der Waals surface area (Å²) in [7, 11) is 3.24. The highest BCUT2D eigenvalue weighted by atomic mass is 79.9. The molecule has 1 aliphatic carbocycles. The minimum atomic E-state index is -0.827. The van der Waals surface area contributed by atoms with E-state index in [1.807, 2.05) is 12.1 Å². The number of hydrogen-bond acceptors (Lipinski definition) is 4. The Hall–Kier alpha value is -0.780. The Kier molecular flexibility index (Phi) is 5.52. The van der Waals surface area contributed by atoms with E-state index < -0.39 is 5.60 Å². The number of rotatable bonds is 5. The van der Waals surface area contributed by atoms with Crippen LogP contribution in [0.1, 0.15) is 38.2 Å². The van der Waals surface area contributed by atoms with E-state index in [1.165, 1.54) is 0 Å². The lowest BCUT2D eigenvalue weighted by molar-refractivity contribution is -0.0101. The number of nitrogens with one attached hydrogen (secondary N) is 1. The normalized spacial score (nSPS) is 25.7. The van der Waals surface area contributed by atoms with E-state index in [-0.39, 0.29) is 0 Å². The van der Waals surface area contributed by atoms with Crippen LogP contribution in [-0.2, 0) is 5.60 Å². The van der Waals surface area contributed by atoms with E-state index in [0.29, 0.717) is 17.5 Å². The lowest BCUT2D eigenvalue weighted by Gasteiger charge is -2.37. The molecule has 0 aliphatic heterocycles. The quantitative estimate of drug-likeness (QED) is 0.849. The highest BCUT2D eigenvalue weighted by Gasteiger charge is 2.37. The van der Waals surface area contributed by atoms with E-state index in [2.05, 4.69) is 28.2 Å². The monoisotopic (exact) mass is 357 g/mol. The van der Waals surface area contributed by atoms with Crippen LogP contribution >= 0.6 is 15.9 Å². The van der Waals surface area contributed by atoms with Gasteiger partial charge in [0.25, 0.3) is 0 Å². The Morgan fingerprint density at radius 1 is 1.29 bits per heavy atom. The molecule has 0 saturated heterocycles. The van der Waals surface area contributed by atoms with Crippen molar-refractivity contribution in [2.45, 2.75) is 44.2 Å². The maximum atomic E-state index is 11.1. The minimum absolute atomic E-state index is 0.503. The van der Waals surface area contributed by atoms with Crippen molar-refractivity contribution < 1.29 is 14.6 Å². The fraction of sp³-hybridized carbons (Fsp3) is 0.625. The highest BCUT2D eigenvalue weighted by molar-refractivity contribution is 9.10. The molecule has 118 valence electrons. The molecule has 2 N–H and O–H groups in total. The number of halogens is 1. The highest BCUT2D eigenvalue weighted by Crippen LogP contribution is 2.46. The first-order valence-corrected chi connectivity index (χ1v) is 8.21. The van der Waals surface area contributed by atoms with Crippen molar-refractivity contribution in [3.63, 3.8) is 0 Å². The van der Waals surface area contributed by atoms with Crippen molar-refractivity contribution in [3.8, 4) is 11.5 Å². The zero-order chi connectivity index (χ0) is 15.5. The van der Waals surface area contributed by atoms with Gasteiger partial charge in [-0.25, -0.2) is 0 Å². The van der Waals surface area contributed by atoms with Gasteiger partial charge in [-0.3, -0.25) is 0 Å². The zero-order valence-electron chi connectivity index (χ0n) is 12.9. The van der Waals surface area contributed by atoms with Gasteiger partial charge in [0.15, 0.2) is 0 Å². The van der Waals surface area contributed by atoms with Gasteiger partial charge in [0.1, 0.15) is 16.0 Å². The molecule has 1 saturated carbocycles. The third kappa shape index (κ3) is 3.35. The number of methoxy groups -OCH3 is 2. The lowest BCUT2D eigenvalue weighted by atomic mass is 9.77. The van der Waals surface area contributed by atoms with Gasteiger partial charge in [0, 0.05) is 11.6 Å². The summed E-state index contributed by atoms with van der Waals surface area (Å²) < 4.78 is 11.6. The Balaban J connectivity index is 2.27. The summed E-state index contributed by atoms with van der Waals surface area (Å²) in [5.41, 5.74) is 0.0131. The van der Waals surface area contributed by atoms with Gasteiger partial charge in [-0.1, -0.05) is 6.92 Å². The van der Waals surface area contributed by atoms with Crippen LogP contribution in [0, 0.1) is 0 Å². The molecule has 0 aromatic heterocycles. The average Bonchev–Trinajstić information content (AvgIpc) is 2.49. The van der Waals surface area contributed by atoms with Crippen molar-refractivity contribution in [1.29, 1.82) is 0 Å². The predicted octanol–water partition coefficient (Wildman–Crippen LogP) is 3.21. The number of aliphatic hydroxyl groups is 1. The van der Waals surface area contributed by atoms with E-state index in [4.69, 9.17) is 9.47 Å². The summed E-state index contributed by atoms with van der Waals surface area (Å²) in [6.07, 6.45) is 3.41. The second-order valence-corrected chi connectivity index (χ2v) is 6.32. The third-order valence-electron chi connectivity index (χ3n) is 4.29. The van der Waals surface area contributed by atoms with E-state index >= 15 is 0 Å². The molecular weight excluding hydrogens is 334 g/mol. The summed E-state index contributed by atoms with van der Waals surface area (Å²) in [4.78, 5) is 0. The molecule has 0 unspecified atom stereocenters.